The van der Waals surface area contributed by atoms with E-state index in [1.807, 2.05) is 7.05 Å². The molecule has 1 saturated heterocycles. The molecule has 1 heterocycles. The van der Waals surface area contributed by atoms with Crippen molar-refractivity contribution < 1.29 is 0 Å². The zero-order chi connectivity index (χ0) is 8.81. The van der Waals surface area contributed by atoms with Gasteiger partial charge in [0.1, 0.15) is 5.84 Å². The van der Waals surface area contributed by atoms with Gasteiger partial charge in [0.15, 0.2) is 0 Å². The number of piperidine rings is 1. The van der Waals surface area contributed by atoms with Gasteiger partial charge in [0.2, 0.25) is 0 Å². The van der Waals surface area contributed by atoms with E-state index in [2.05, 4.69) is 22.4 Å². The lowest BCUT2D eigenvalue weighted by Crippen LogP contribution is -2.36. The number of nitrogens with zero attached hydrogens (tertiary/aromatic N) is 2. The minimum absolute atomic E-state index is 1.03. The Balaban J connectivity index is 2.46. The number of hydrogen-bond acceptors (Lipinski definition) is 2. The number of amidine groups is 1. The largest absolute Gasteiger partial charge is 0.359 e. The highest BCUT2D eigenvalue weighted by Gasteiger charge is 2.12. The fourth-order valence-corrected chi connectivity index (χ4v) is 1.65. The summed E-state index contributed by atoms with van der Waals surface area (Å²) in [6.45, 7) is 4.54. The third-order valence-electron chi connectivity index (χ3n) is 2.28. The van der Waals surface area contributed by atoms with E-state index in [4.69, 9.17) is 0 Å². The van der Waals surface area contributed by atoms with Crippen LogP contribution in [-0.4, -0.2) is 30.9 Å². The summed E-state index contributed by atoms with van der Waals surface area (Å²) in [6.07, 6.45) is 5.05. The molecule has 0 saturated carbocycles. The number of rotatable bonds is 2. The second-order valence-corrected chi connectivity index (χ2v) is 3.15. The van der Waals surface area contributed by atoms with E-state index in [0.29, 0.717) is 0 Å². The fraction of sp³-hybridized carbons (Fsp3) is 0.889. The second kappa shape index (κ2) is 5.01. The zero-order valence-corrected chi connectivity index (χ0v) is 8.14. The SMILES string of the molecule is CC/C(=N/NC)N1CCCCC1. The van der Waals surface area contributed by atoms with Crippen molar-refractivity contribution in [2.75, 3.05) is 20.1 Å². The van der Waals surface area contributed by atoms with Crippen molar-refractivity contribution in [1.29, 1.82) is 0 Å². The third kappa shape index (κ3) is 2.40. The molecule has 1 fully saturated rings. The van der Waals surface area contributed by atoms with Gasteiger partial charge in [0, 0.05) is 26.6 Å². The summed E-state index contributed by atoms with van der Waals surface area (Å²) in [7, 11) is 1.86. The first-order valence-corrected chi connectivity index (χ1v) is 4.86. The summed E-state index contributed by atoms with van der Waals surface area (Å²) in [6, 6.07) is 0. The molecular weight excluding hydrogens is 150 g/mol. The van der Waals surface area contributed by atoms with Gasteiger partial charge in [-0.2, -0.15) is 5.10 Å². The summed E-state index contributed by atoms with van der Waals surface area (Å²) in [5.41, 5.74) is 2.86. The number of likely N-dealkylation sites (tertiary alicyclic amines) is 1. The van der Waals surface area contributed by atoms with Crippen molar-refractivity contribution in [1.82, 2.24) is 10.3 Å². The van der Waals surface area contributed by atoms with Crippen LogP contribution in [0.25, 0.3) is 0 Å². The zero-order valence-electron chi connectivity index (χ0n) is 8.14. The van der Waals surface area contributed by atoms with Crippen LogP contribution in [0.3, 0.4) is 0 Å². The molecule has 0 unspecified atom stereocenters. The van der Waals surface area contributed by atoms with Crippen LogP contribution in [0.4, 0.5) is 0 Å². The molecule has 0 radical (unpaired) electrons. The Labute approximate surface area is 74.8 Å². The lowest BCUT2D eigenvalue weighted by molar-refractivity contribution is 0.335. The van der Waals surface area contributed by atoms with Crippen molar-refractivity contribution >= 4 is 5.84 Å². The van der Waals surface area contributed by atoms with Crippen molar-refractivity contribution in [2.24, 2.45) is 5.10 Å². The first-order chi connectivity index (χ1) is 5.88. The minimum Gasteiger partial charge on any atom is -0.359 e. The summed E-state index contributed by atoms with van der Waals surface area (Å²) in [5.74, 6) is 1.21. The molecule has 12 heavy (non-hydrogen) atoms. The van der Waals surface area contributed by atoms with Crippen molar-refractivity contribution in [3.8, 4) is 0 Å². The molecule has 1 N–H and O–H groups in total. The van der Waals surface area contributed by atoms with Gasteiger partial charge < -0.3 is 10.3 Å². The van der Waals surface area contributed by atoms with Crippen LogP contribution in [-0.2, 0) is 0 Å². The van der Waals surface area contributed by atoms with Gasteiger partial charge in [0.25, 0.3) is 0 Å². The maximum absolute atomic E-state index is 4.26. The highest BCUT2D eigenvalue weighted by molar-refractivity contribution is 5.81. The Morgan fingerprint density at radius 2 is 2.00 bits per heavy atom. The first kappa shape index (κ1) is 9.36. The predicted octanol–water partition coefficient (Wildman–Crippen LogP) is 1.42. The monoisotopic (exact) mass is 169 g/mol. The molecule has 0 aromatic rings. The first-order valence-electron chi connectivity index (χ1n) is 4.86. The van der Waals surface area contributed by atoms with Crippen LogP contribution in [0.1, 0.15) is 32.6 Å². The van der Waals surface area contributed by atoms with E-state index in [0.717, 1.165) is 6.42 Å². The summed E-state index contributed by atoms with van der Waals surface area (Å²) in [5, 5.41) is 4.26. The van der Waals surface area contributed by atoms with Crippen LogP contribution in [0.2, 0.25) is 0 Å². The van der Waals surface area contributed by atoms with Crippen LogP contribution in [0.5, 0.6) is 0 Å². The molecule has 1 aliphatic rings. The van der Waals surface area contributed by atoms with Crippen LogP contribution in [0.15, 0.2) is 5.10 Å². The maximum Gasteiger partial charge on any atom is 0.124 e. The van der Waals surface area contributed by atoms with E-state index in [1.165, 1.54) is 38.2 Å². The highest BCUT2D eigenvalue weighted by Crippen LogP contribution is 2.10. The fourth-order valence-electron chi connectivity index (χ4n) is 1.65. The van der Waals surface area contributed by atoms with Crippen molar-refractivity contribution in [2.45, 2.75) is 32.6 Å². The summed E-state index contributed by atoms with van der Waals surface area (Å²) in [4.78, 5) is 2.39. The lowest BCUT2D eigenvalue weighted by Gasteiger charge is -2.29. The molecule has 0 spiro atoms. The molecule has 0 aromatic carbocycles. The van der Waals surface area contributed by atoms with Gasteiger partial charge in [-0.05, 0) is 19.3 Å². The predicted molar refractivity (Wildman–Crippen MR) is 52.2 cm³/mol. The number of hydrogen-bond donors (Lipinski definition) is 1. The van der Waals surface area contributed by atoms with E-state index < -0.39 is 0 Å². The van der Waals surface area contributed by atoms with Crippen LogP contribution in [0, 0.1) is 0 Å². The molecule has 0 aliphatic carbocycles. The lowest BCUT2D eigenvalue weighted by atomic mass is 10.1. The second-order valence-electron chi connectivity index (χ2n) is 3.15. The van der Waals surface area contributed by atoms with Gasteiger partial charge in [-0.1, -0.05) is 6.92 Å². The van der Waals surface area contributed by atoms with Crippen molar-refractivity contribution in [3.63, 3.8) is 0 Å². The van der Waals surface area contributed by atoms with Gasteiger partial charge in [-0.25, -0.2) is 0 Å². The Hall–Kier alpha value is -0.730. The molecule has 0 amide bonds. The van der Waals surface area contributed by atoms with Crippen LogP contribution < -0.4 is 5.43 Å². The summed E-state index contributed by atoms with van der Waals surface area (Å²) >= 11 is 0. The average Bonchev–Trinajstić information content (AvgIpc) is 2.15. The molecule has 0 atom stereocenters. The number of hydrazone groups is 1. The van der Waals surface area contributed by atoms with Gasteiger partial charge in [-0.15, -0.1) is 0 Å². The minimum atomic E-state index is 1.03. The molecule has 3 nitrogen and oxygen atoms in total. The molecule has 0 bridgehead atoms. The smallest absolute Gasteiger partial charge is 0.124 e. The molecule has 70 valence electrons. The van der Waals surface area contributed by atoms with Gasteiger partial charge in [-0.3, -0.25) is 0 Å². The average molecular weight is 169 g/mol. The van der Waals surface area contributed by atoms with Gasteiger partial charge in [0.05, 0.1) is 0 Å². The maximum atomic E-state index is 4.26. The van der Waals surface area contributed by atoms with E-state index >= 15 is 0 Å². The normalized spacial score (nSPS) is 19.5. The standard InChI is InChI=1S/C9H19N3/c1-3-9(11-10-2)12-7-5-4-6-8-12/h10H,3-8H2,1-2H3/b11-9-. The Morgan fingerprint density at radius 1 is 1.33 bits per heavy atom. The highest BCUT2D eigenvalue weighted by atomic mass is 15.3. The summed E-state index contributed by atoms with van der Waals surface area (Å²) < 4.78 is 0. The van der Waals surface area contributed by atoms with E-state index in [9.17, 15) is 0 Å². The Bertz CT molecular complexity index is 148. The van der Waals surface area contributed by atoms with E-state index in [-0.39, 0.29) is 0 Å². The molecule has 1 rings (SSSR count). The van der Waals surface area contributed by atoms with Crippen molar-refractivity contribution in [3.05, 3.63) is 0 Å². The number of nitrogens with one attached hydrogen (secondary N) is 1. The molecule has 3 heteroatoms. The van der Waals surface area contributed by atoms with E-state index in [1.54, 1.807) is 0 Å². The Morgan fingerprint density at radius 3 is 2.50 bits per heavy atom. The Kier molecular flexibility index (Phi) is 3.91. The third-order valence-corrected chi connectivity index (χ3v) is 2.28. The topological polar surface area (TPSA) is 27.6 Å². The molecule has 0 aromatic heterocycles. The van der Waals surface area contributed by atoms with Gasteiger partial charge >= 0.3 is 0 Å². The quantitative estimate of drug-likeness (QED) is 0.384. The molecular formula is C9H19N3. The molecule has 1 aliphatic heterocycles. The van der Waals surface area contributed by atoms with Crippen LogP contribution >= 0.6 is 0 Å².